The topological polar surface area (TPSA) is 57.2 Å². The number of hydrogen-bond donors (Lipinski definition) is 0. The molecule has 144 valence electrons. The molecule has 0 bridgehead atoms. The van der Waals surface area contributed by atoms with E-state index >= 15 is 0 Å². The van der Waals surface area contributed by atoms with Crippen LogP contribution in [0.4, 0.5) is 0 Å². The highest BCUT2D eigenvalue weighted by Gasteiger charge is 2.25. The van der Waals surface area contributed by atoms with Crippen LogP contribution in [0.15, 0.2) is 36.4 Å². The fraction of sp³-hybridized carbons (Fsp3) is 0.350. The number of halogens is 1. The number of benzene rings is 2. The van der Waals surface area contributed by atoms with Gasteiger partial charge in [0.2, 0.25) is 0 Å². The van der Waals surface area contributed by atoms with Crippen molar-refractivity contribution in [3.8, 4) is 23.0 Å². The second-order valence-electron chi connectivity index (χ2n) is 6.11. The van der Waals surface area contributed by atoms with Gasteiger partial charge < -0.3 is 23.8 Å². The van der Waals surface area contributed by atoms with E-state index in [0.717, 1.165) is 0 Å². The standard InChI is InChI=1S/C20H22ClNO5/c1-4-25-19-15(21)9-13(10-18(19)24-3)20(23)22(2)11-14-12-26-16-7-5-6-8-17(16)27-14/h5-10,14H,4,11-12H2,1-3H3. The molecule has 0 N–H and O–H groups in total. The summed E-state index contributed by atoms with van der Waals surface area (Å²) in [5.41, 5.74) is 0.417. The van der Waals surface area contributed by atoms with E-state index in [-0.39, 0.29) is 12.0 Å². The third-order valence-corrected chi connectivity index (χ3v) is 4.44. The van der Waals surface area contributed by atoms with Gasteiger partial charge in [0.25, 0.3) is 5.91 Å². The maximum atomic E-state index is 12.8. The lowest BCUT2D eigenvalue weighted by Gasteiger charge is -2.29. The molecule has 6 nitrogen and oxygen atoms in total. The molecular weight excluding hydrogens is 370 g/mol. The molecule has 1 aliphatic heterocycles. The first-order chi connectivity index (χ1) is 13.0. The number of nitrogens with zero attached hydrogens (tertiary/aromatic N) is 1. The Kier molecular flexibility index (Phi) is 5.96. The molecule has 0 saturated heterocycles. The Hall–Kier alpha value is -2.60. The second kappa shape index (κ2) is 8.39. The number of fused-ring (bicyclic) bond motifs is 1. The van der Waals surface area contributed by atoms with Gasteiger partial charge in [0.1, 0.15) is 6.61 Å². The van der Waals surface area contributed by atoms with Gasteiger partial charge in [0.05, 0.1) is 25.3 Å². The van der Waals surface area contributed by atoms with Crippen molar-refractivity contribution in [1.29, 1.82) is 0 Å². The molecule has 0 aliphatic carbocycles. The van der Waals surface area contributed by atoms with Crippen LogP contribution in [0.1, 0.15) is 17.3 Å². The van der Waals surface area contributed by atoms with Crippen molar-refractivity contribution in [2.24, 2.45) is 0 Å². The average molecular weight is 392 g/mol. The normalized spacial score (nSPS) is 15.2. The van der Waals surface area contributed by atoms with E-state index in [2.05, 4.69) is 0 Å². The van der Waals surface area contributed by atoms with Crippen molar-refractivity contribution in [2.45, 2.75) is 13.0 Å². The van der Waals surface area contributed by atoms with Crippen LogP contribution in [-0.2, 0) is 0 Å². The highest BCUT2D eigenvalue weighted by Crippen LogP contribution is 2.37. The van der Waals surface area contributed by atoms with Crippen molar-refractivity contribution in [1.82, 2.24) is 4.90 Å². The van der Waals surface area contributed by atoms with Crippen LogP contribution in [0.3, 0.4) is 0 Å². The molecule has 1 unspecified atom stereocenters. The van der Waals surface area contributed by atoms with E-state index in [4.69, 9.17) is 30.5 Å². The lowest BCUT2D eigenvalue weighted by Crippen LogP contribution is -2.41. The fourth-order valence-electron chi connectivity index (χ4n) is 2.89. The summed E-state index contributed by atoms with van der Waals surface area (Å²) in [6.07, 6.45) is -0.256. The minimum absolute atomic E-state index is 0.194. The zero-order valence-corrected chi connectivity index (χ0v) is 16.3. The van der Waals surface area contributed by atoms with Gasteiger partial charge in [-0.05, 0) is 31.2 Å². The molecule has 2 aromatic carbocycles. The minimum Gasteiger partial charge on any atom is -0.493 e. The van der Waals surface area contributed by atoms with E-state index in [9.17, 15) is 4.79 Å². The molecule has 1 heterocycles. The van der Waals surface area contributed by atoms with E-state index in [1.807, 2.05) is 31.2 Å². The quantitative estimate of drug-likeness (QED) is 0.752. The van der Waals surface area contributed by atoms with Crippen LogP contribution < -0.4 is 18.9 Å². The van der Waals surface area contributed by atoms with Gasteiger partial charge in [-0.3, -0.25) is 4.79 Å². The number of para-hydroxylation sites is 2. The maximum Gasteiger partial charge on any atom is 0.253 e. The number of ether oxygens (including phenoxy) is 4. The first-order valence-corrected chi connectivity index (χ1v) is 9.05. The molecule has 1 atom stereocenters. The Bertz CT molecular complexity index is 826. The van der Waals surface area contributed by atoms with E-state index in [0.29, 0.717) is 53.3 Å². The Morgan fingerprint density at radius 3 is 2.74 bits per heavy atom. The molecule has 0 fully saturated rings. The molecular formula is C20H22ClNO5. The zero-order valence-electron chi connectivity index (χ0n) is 15.5. The molecule has 7 heteroatoms. The van der Waals surface area contributed by atoms with Gasteiger partial charge in [0, 0.05) is 12.6 Å². The monoisotopic (exact) mass is 391 g/mol. The minimum atomic E-state index is -0.256. The van der Waals surface area contributed by atoms with Crippen LogP contribution in [0.5, 0.6) is 23.0 Å². The van der Waals surface area contributed by atoms with Gasteiger partial charge in [-0.2, -0.15) is 0 Å². The van der Waals surface area contributed by atoms with Gasteiger partial charge in [-0.15, -0.1) is 0 Å². The third kappa shape index (κ3) is 4.22. The molecule has 1 amide bonds. The summed E-state index contributed by atoms with van der Waals surface area (Å²) in [5.74, 6) is 2.06. The Morgan fingerprint density at radius 1 is 1.30 bits per heavy atom. The largest absolute Gasteiger partial charge is 0.493 e. The van der Waals surface area contributed by atoms with Crippen molar-refractivity contribution in [3.63, 3.8) is 0 Å². The Morgan fingerprint density at radius 2 is 2.04 bits per heavy atom. The third-order valence-electron chi connectivity index (χ3n) is 4.16. The predicted octanol–water partition coefficient (Wildman–Crippen LogP) is 3.66. The van der Waals surface area contributed by atoms with E-state index in [1.165, 1.54) is 7.11 Å². The van der Waals surface area contributed by atoms with E-state index < -0.39 is 0 Å². The van der Waals surface area contributed by atoms with Crippen molar-refractivity contribution in [3.05, 3.63) is 47.0 Å². The number of amides is 1. The van der Waals surface area contributed by atoms with Gasteiger partial charge >= 0.3 is 0 Å². The number of carbonyl (C=O) groups excluding carboxylic acids is 1. The molecule has 0 aromatic heterocycles. The maximum absolute atomic E-state index is 12.8. The number of rotatable bonds is 6. The first-order valence-electron chi connectivity index (χ1n) is 8.67. The summed E-state index contributed by atoms with van der Waals surface area (Å²) in [5, 5.41) is 0.333. The number of likely N-dealkylation sites (N-methyl/N-ethyl adjacent to an activating group) is 1. The smallest absolute Gasteiger partial charge is 0.253 e. The van der Waals surface area contributed by atoms with Crippen LogP contribution in [0, 0.1) is 0 Å². The molecule has 0 spiro atoms. The molecule has 1 aliphatic rings. The highest BCUT2D eigenvalue weighted by atomic mass is 35.5. The predicted molar refractivity (Wildman–Crippen MR) is 102 cm³/mol. The van der Waals surface area contributed by atoms with Crippen LogP contribution >= 0.6 is 11.6 Å². The summed E-state index contributed by atoms with van der Waals surface area (Å²) in [4.78, 5) is 14.4. The highest BCUT2D eigenvalue weighted by molar-refractivity contribution is 6.32. The van der Waals surface area contributed by atoms with Gasteiger partial charge in [-0.25, -0.2) is 0 Å². The number of hydrogen-bond acceptors (Lipinski definition) is 5. The van der Waals surface area contributed by atoms with Crippen LogP contribution in [-0.4, -0.2) is 50.8 Å². The summed E-state index contributed by atoms with van der Waals surface area (Å²) in [7, 11) is 3.22. The second-order valence-corrected chi connectivity index (χ2v) is 6.51. The van der Waals surface area contributed by atoms with Crippen molar-refractivity contribution in [2.75, 3.05) is 33.9 Å². The van der Waals surface area contributed by atoms with Gasteiger partial charge in [0.15, 0.2) is 29.1 Å². The Labute approximate surface area is 163 Å². The number of methoxy groups -OCH3 is 1. The van der Waals surface area contributed by atoms with Crippen molar-refractivity contribution >= 4 is 17.5 Å². The zero-order chi connectivity index (χ0) is 19.4. The van der Waals surface area contributed by atoms with Crippen LogP contribution in [0.2, 0.25) is 5.02 Å². The molecule has 27 heavy (non-hydrogen) atoms. The lowest BCUT2D eigenvalue weighted by atomic mass is 10.1. The Balaban J connectivity index is 1.71. The van der Waals surface area contributed by atoms with Crippen LogP contribution in [0.25, 0.3) is 0 Å². The summed E-state index contributed by atoms with van der Waals surface area (Å²) >= 11 is 6.27. The summed E-state index contributed by atoms with van der Waals surface area (Å²) in [6, 6.07) is 10.7. The van der Waals surface area contributed by atoms with Gasteiger partial charge in [-0.1, -0.05) is 23.7 Å². The SMILES string of the molecule is CCOc1c(Cl)cc(C(=O)N(C)CC2COc3ccccc3O2)cc1OC. The van der Waals surface area contributed by atoms with E-state index in [1.54, 1.807) is 24.1 Å². The van der Waals surface area contributed by atoms with Crippen molar-refractivity contribution < 1.29 is 23.7 Å². The molecule has 2 aromatic rings. The molecule has 0 radical (unpaired) electrons. The lowest BCUT2D eigenvalue weighted by molar-refractivity contribution is 0.0520. The summed E-state index contributed by atoms with van der Waals surface area (Å²) < 4.78 is 22.4. The first kappa shape index (κ1) is 19.2. The summed E-state index contributed by atoms with van der Waals surface area (Å²) in [6.45, 7) is 3.05. The number of carbonyl (C=O) groups is 1. The fourth-order valence-corrected chi connectivity index (χ4v) is 3.15. The molecule has 3 rings (SSSR count). The molecule has 0 saturated carbocycles. The average Bonchev–Trinajstić information content (AvgIpc) is 2.68.